The third-order valence-electron chi connectivity index (χ3n) is 4.94. The number of hydrogen-bond acceptors (Lipinski definition) is 5. The highest BCUT2D eigenvalue weighted by Crippen LogP contribution is 2.21. The SMILES string of the molecule is CCCCc1ncc(C=C(Cc2cccs2)C(=O)OC)n1Cc1ccc(OC)cc1. The number of imidazole rings is 1. The third kappa shape index (κ3) is 5.60. The Bertz CT molecular complexity index is 973. The number of unbranched alkanes of at least 4 members (excludes halogenated alkanes) is 1. The van der Waals surface area contributed by atoms with E-state index in [4.69, 9.17) is 9.47 Å². The summed E-state index contributed by atoms with van der Waals surface area (Å²) in [5, 5.41) is 2.01. The largest absolute Gasteiger partial charge is 0.497 e. The zero-order chi connectivity index (χ0) is 21.3. The maximum atomic E-state index is 12.4. The quantitative estimate of drug-likeness (QED) is 0.334. The molecule has 0 aliphatic heterocycles. The molecule has 0 unspecified atom stereocenters. The first-order chi connectivity index (χ1) is 14.6. The van der Waals surface area contributed by atoms with Crippen LogP contribution in [0.3, 0.4) is 0 Å². The Kier molecular flexibility index (Phi) is 7.85. The molecule has 3 aromatic rings. The Morgan fingerprint density at radius 1 is 1.20 bits per heavy atom. The molecule has 0 saturated heterocycles. The number of benzene rings is 1. The minimum absolute atomic E-state index is 0.310. The highest BCUT2D eigenvalue weighted by molar-refractivity contribution is 7.09. The van der Waals surface area contributed by atoms with Crippen molar-refractivity contribution in [2.75, 3.05) is 14.2 Å². The van der Waals surface area contributed by atoms with Crippen LogP contribution in [0.1, 0.15) is 41.7 Å². The van der Waals surface area contributed by atoms with Crippen LogP contribution < -0.4 is 4.74 Å². The lowest BCUT2D eigenvalue weighted by atomic mass is 10.1. The summed E-state index contributed by atoms with van der Waals surface area (Å²) in [5.74, 6) is 1.55. The van der Waals surface area contributed by atoms with Crippen molar-refractivity contribution in [3.8, 4) is 5.75 Å². The van der Waals surface area contributed by atoms with E-state index >= 15 is 0 Å². The molecule has 0 bridgehead atoms. The van der Waals surface area contributed by atoms with Crippen LogP contribution in [0.15, 0.2) is 53.5 Å². The Hall–Kier alpha value is -2.86. The molecule has 0 atom stereocenters. The van der Waals surface area contributed by atoms with Crippen LogP contribution >= 0.6 is 11.3 Å². The van der Waals surface area contributed by atoms with E-state index in [2.05, 4.69) is 28.6 Å². The minimum atomic E-state index is -0.310. The maximum Gasteiger partial charge on any atom is 0.334 e. The number of aromatic nitrogens is 2. The highest BCUT2D eigenvalue weighted by Gasteiger charge is 2.15. The summed E-state index contributed by atoms with van der Waals surface area (Å²) >= 11 is 1.63. The highest BCUT2D eigenvalue weighted by atomic mass is 32.1. The zero-order valence-electron chi connectivity index (χ0n) is 17.8. The number of rotatable bonds is 10. The molecule has 0 N–H and O–H groups in total. The predicted molar refractivity (Wildman–Crippen MR) is 121 cm³/mol. The van der Waals surface area contributed by atoms with Gasteiger partial charge in [0.2, 0.25) is 0 Å². The van der Waals surface area contributed by atoms with Crippen LogP contribution in [0.25, 0.3) is 6.08 Å². The van der Waals surface area contributed by atoms with Crippen molar-refractivity contribution in [3.63, 3.8) is 0 Å². The first-order valence-corrected chi connectivity index (χ1v) is 11.0. The number of esters is 1. The van der Waals surface area contributed by atoms with E-state index in [-0.39, 0.29) is 5.97 Å². The Morgan fingerprint density at radius 3 is 2.63 bits per heavy atom. The molecule has 3 rings (SSSR count). The van der Waals surface area contributed by atoms with E-state index in [1.165, 1.54) is 7.11 Å². The van der Waals surface area contributed by atoms with Gasteiger partial charge in [-0.1, -0.05) is 31.5 Å². The summed E-state index contributed by atoms with van der Waals surface area (Å²) in [5.41, 5.74) is 2.69. The number of ether oxygens (including phenoxy) is 2. The molecule has 2 heterocycles. The van der Waals surface area contributed by atoms with E-state index in [0.29, 0.717) is 18.5 Å². The Balaban J connectivity index is 1.95. The topological polar surface area (TPSA) is 53.3 Å². The number of carbonyl (C=O) groups excluding carboxylic acids is 1. The van der Waals surface area contributed by atoms with Crippen molar-refractivity contribution in [1.82, 2.24) is 9.55 Å². The summed E-state index contributed by atoms with van der Waals surface area (Å²) < 4.78 is 12.5. The van der Waals surface area contributed by atoms with Gasteiger partial charge < -0.3 is 14.0 Å². The Labute approximate surface area is 182 Å². The van der Waals surface area contributed by atoms with Gasteiger partial charge in [0.25, 0.3) is 0 Å². The Morgan fingerprint density at radius 2 is 2.00 bits per heavy atom. The number of aryl methyl sites for hydroxylation is 1. The summed E-state index contributed by atoms with van der Waals surface area (Å²) in [4.78, 5) is 18.2. The van der Waals surface area contributed by atoms with E-state index in [9.17, 15) is 4.79 Å². The van der Waals surface area contributed by atoms with Gasteiger partial charge in [0.1, 0.15) is 11.6 Å². The number of nitrogens with zero attached hydrogens (tertiary/aromatic N) is 2. The lowest BCUT2D eigenvalue weighted by molar-refractivity contribution is -0.136. The average Bonchev–Trinajstić information content (AvgIpc) is 3.42. The standard InChI is InChI=1S/C24H28N2O3S/c1-4-5-8-23-25-16-20(26(23)17-18-9-11-21(28-2)12-10-18)14-19(24(27)29-3)15-22-7-6-13-30-22/h6-7,9-14,16H,4-5,8,15,17H2,1-3H3. The summed E-state index contributed by atoms with van der Waals surface area (Å²) in [6.45, 7) is 2.86. The second-order valence-corrected chi connectivity index (χ2v) is 8.09. The maximum absolute atomic E-state index is 12.4. The fraction of sp³-hybridized carbons (Fsp3) is 0.333. The number of hydrogen-bond donors (Lipinski definition) is 0. The molecular formula is C24H28N2O3S. The van der Waals surface area contributed by atoms with Crippen molar-refractivity contribution in [2.45, 2.75) is 39.2 Å². The number of thiophene rings is 1. The van der Waals surface area contributed by atoms with Gasteiger partial charge in [0.05, 0.1) is 26.1 Å². The van der Waals surface area contributed by atoms with Crippen molar-refractivity contribution in [2.24, 2.45) is 0 Å². The third-order valence-corrected chi connectivity index (χ3v) is 5.81. The molecule has 2 aromatic heterocycles. The molecule has 6 heteroatoms. The molecule has 30 heavy (non-hydrogen) atoms. The molecule has 1 aromatic carbocycles. The van der Waals surface area contributed by atoms with Crippen molar-refractivity contribution in [3.05, 3.63) is 75.5 Å². The molecule has 0 spiro atoms. The first kappa shape index (κ1) is 21.8. The molecule has 0 saturated carbocycles. The summed E-state index contributed by atoms with van der Waals surface area (Å²) in [6, 6.07) is 12.1. The number of carbonyl (C=O) groups is 1. The van der Waals surface area contributed by atoms with Gasteiger partial charge in [-0.15, -0.1) is 11.3 Å². The molecule has 0 aliphatic carbocycles. The second-order valence-electron chi connectivity index (χ2n) is 7.05. The lowest BCUT2D eigenvalue weighted by Crippen LogP contribution is -2.10. The normalized spacial score (nSPS) is 11.5. The van der Waals surface area contributed by atoms with Gasteiger partial charge in [0.15, 0.2) is 0 Å². The van der Waals surface area contributed by atoms with E-state index in [1.807, 2.05) is 41.9 Å². The molecule has 0 aliphatic rings. The lowest BCUT2D eigenvalue weighted by Gasteiger charge is -2.12. The predicted octanol–water partition coefficient (Wildman–Crippen LogP) is 5.14. The van der Waals surface area contributed by atoms with Crippen molar-refractivity contribution in [1.29, 1.82) is 0 Å². The van der Waals surface area contributed by atoms with Gasteiger partial charge in [-0.3, -0.25) is 0 Å². The molecule has 158 valence electrons. The van der Waals surface area contributed by atoms with Crippen LogP contribution in [0, 0.1) is 0 Å². The second kappa shape index (κ2) is 10.8. The van der Waals surface area contributed by atoms with Gasteiger partial charge in [-0.25, -0.2) is 9.78 Å². The summed E-state index contributed by atoms with van der Waals surface area (Å²) in [7, 11) is 3.09. The first-order valence-electron chi connectivity index (χ1n) is 10.1. The van der Waals surface area contributed by atoms with Gasteiger partial charge in [-0.05, 0) is 41.6 Å². The fourth-order valence-electron chi connectivity index (χ4n) is 3.27. The molecule has 5 nitrogen and oxygen atoms in total. The summed E-state index contributed by atoms with van der Waals surface area (Å²) in [6.07, 6.45) is 7.39. The molecule has 0 amide bonds. The fourth-order valence-corrected chi connectivity index (χ4v) is 4.00. The van der Waals surface area contributed by atoms with Crippen LogP contribution in [-0.2, 0) is 28.9 Å². The van der Waals surface area contributed by atoms with Gasteiger partial charge in [-0.2, -0.15) is 0 Å². The molecule has 0 radical (unpaired) electrons. The van der Waals surface area contributed by atoms with Crippen molar-refractivity contribution < 1.29 is 14.3 Å². The van der Waals surface area contributed by atoms with Gasteiger partial charge in [0, 0.05) is 29.8 Å². The average molecular weight is 425 g/mol. The van der Waals surface area contributed by atoms with Crippen LogP contribution in [0.4, 0.5) is 0 Å². The van der Waals surface area contributed by atoms with E-state index in [1.54, 1.807) is 18.4 Å². The zero-order valence-corrected chi connectivity index (χ0v) is 18.6. The van der Waals surface area contributed by atoms with Gasteiger partial charge >= 0.3 is 5.97 Å². The number of methoxy groups -OCH3 is 2. The molecular weight excluding hydrogens is 396 g/mol. The van der Waals surface area contributed by atoms with Crippen LogP contribution in [0.5, 0.6) is 5.75 Å². The van der Waals surface area contributed by atoms with Crippen LogP contribution in [-0.4, -0.2) is 29.7 Å². The minimum Gasteiger partial charge on any atom is -0.497 e. The van der Waals surface area contributed by atoms with Crippen molar-refractivity contribution >= 4 is 23.4 Å². The van der Waals surface area contributed by atoms with E-state index in [0.717, 1.165) is 47.0 Å². The molecule has 0 fully saturated rings. The van der Waals surface area contributed by atoms with Crippen LogP contribution in [0.2, 0.25) is 0 Å². The monoisotopic (exact) mass is 424 g/mol. The smallest absolute Gasteiger partial charge is 0.334 e. The van der Waals surface area contributed by atoms with E-state index < -0.39 is 0 Å².